The molecule has 0 fully saturated rings. The molecule has 0 saturated heterocycles. The number of rotatable bonds is 8. The number of likely N-dealkylation sites (N-methyl/N-ethyl adjacent to an activating group) is 1. The van der Waals surface area contributed by atoms with Crippen LogP contribution in [0.2, 0.25) is 0 Å². The first-order valence-corrected chi connectivity index (χ1v) is 10.8. The molecule has 0 saturated carbocycles. The number of hydrogen-bond acceptors (Lipinski definition) is 7. The summed E-state index contributed by atoms with van der Waals surface area (Å²) in [5.74, 6) is 1.75. The monoisotopic (exact) mass is 439 g/mol. The van der Waals surface area contributed by atoms with E-state index in [1.807, 2.05) is 28.9 Å². The van der Waals surface area contributed by atoms with E-state index >= 15 is 0 Å². The third-order valence-electron chi connectivity index (χ3n) is 5.62. The summed E-state index contributed by atoms with van der Waals surface area (Å²) in [6.07, 6.45) is 1.65. The molecular weight excluding hydrogens is 410 g/mol. The van der Waals surface area contributed by atoms with Crippen LogP contribution >= 0.6 is 0 Å². The molecule has 3 heterocycles. The molecule has 9 nitrogen and oxygen atoms in total. The molecule has 0 atom stereocenters. The van der Waals surface area contributed by atoms with E-state index in [1.54, 1.807) is 19.1 Å². The predicted molar refractivity (Wildman–Crippen MR) is 117 cm³/mol. The Morgan fingerprint density at radius 1 is 1.28 bits per heavy atom. The number of nitrogens with zero attached hydrogens (tertiary/aromatic N) is 5. The minimum absolute atomic E-state index is 0.0285. The van der Waals surface area contributed by atoms with E-state index in [2.05, 4.69) is 24.0 Å². The molecule has 9 heteroatoms. The first-order chi connectivity index (χ1) is 15.5. The highest BCUT2D eigenvalue weighted by molar-refractivity contribution is 5.78. The van der Waals surface area contributed by atoms with Gasteiger partial charge in [0.1, 0.15) is 5.75 Å². The number of carbonyl (C=O) groups excluding carboxylic acids is 1. The number of benzene rings is 1. The number of methoxy groups -OCH3 is 1. The predicted octanol–water partition coefficient (Wildman–Crippen LogP) is 2.84. The number of hydrogen-bond donors (Lipinski definition) is 0. The molecule has 170 valence electrons. The fraction of sp³-hybridized carbons (Fsp3) is 0.478. The molecule has 3 aromatic rings. The lowest BCUT2D eigenvalue weighted by molar-refractivity contribution is -0.129. The Bertz CT molecular complexity index is 1070. The highest BCUT2D eigenvalue weighted by Crippen LogP contribution is 2.30. The lowest BCUT2D eigenvalue weighted by atomic mass is 10.1. The number of aromatic nitrogens is 4. The summed E-state index contributed by atoms with van der Waals surface area (Å²) in [6, 6.07) is 7.75. The Kier molecular flexibility index (Phi) is 6.55. The molecule has 2 aromatic heterocycles. The molecule has 32 heavy (non-hydrogen) atoms. The molecule has 0 spiro atoms. The van der Waals surface area contributed by atoms with E-state index in [-0.39, 0.29) is 11.9 Å². The first-order valence-electron chi connectivity index (χ1n) is 10.8. The van der Waals surface area contributed by atoms with Gasteiger partial charge in [-0.3, -0.25) is 9.48 Å². The van der Waals surface area contributed by atoms with Crippen LogP contribution in [-0.4, -0.2) is 58.0 Å². The van der Waals surface area contributed by atoms with Crippen LogP contribution in [0.1, 0.15) is 42.5 Å². The van der Waals surface area contributed by atoms with Gasteiger partial charge in [-0.1, -0.05) is 17.3 Å². The minimum atomic E-state index is 0.0285. The van der Waals surface area contributed by atoms with Crippen molar-refractivity contribution in [2.75, 3.05) is 27.3 Å². The van der Waals surface area contributed by atoms with Crippen LogP contribution < -0.4 is 4.74 Å². The fourth-order valence-electron chi connectivity index (χ4n) is 3.76. The summed E-state index contributed by atoms with van der Waals surface area (Å²) < 4.78 is 18.3. The quantitative estimate of drug-likeness (QED) is 0.532. The van der Waals surface area contributed by atoms with Gasteiger partial charge in [0, 0.05) is 43.7 Å². The van der Waals surface area contributed by atoms with Gasteiger partial charge in [0.05, 0.1) is 26.7 Å². The Balaban J connectivity index is 1.39. The van der Waals surface area contributed by atoms with Gasteiger partial charge in [-0.15, -0.1) is 0 Å². The van der Waals surface area contributed by atoms with E-state index in [4.69, 9.17) is 19.1 Å². The largest absolute Gasteiger partial charge is 0.497 e. The maximum Gasteiger partial charge on any atom is 0.278 e. The zero-order valence-electron chi connectivity index (χ0n) is 19.0. The number of fused-ring (bicyclic) bond motifs is 1. The second-order valence-corrected chi connectivity index (χ2v) is 8.22. The smallest absolute Gasteiger partial charge is 0.278 e. The summed E-state index contributed by atoms with van der Waals surface area (Å²) in [4.78, 5) is 18.8. The number of amides is 1. The Morgan fingerprint density at radius 2 is 2.06 bits per heavy atom. The zero-order valence-corrected chi connectivity index (χ0v) is 19.0. The van der Waals surface area contributed by atoms with Crippen molar-refractivity contribution < 1.29 is 18.8 Å². The molecule has 4 rings (SSSR count). The molecule has 0 aliphatic carbocycles. The second kappa shape index (κ2) is 9.52. The van der Waals surface area contributed by atoms with Crippen LogP contribution in [0.15, 0.2) is 28.8 Å². The molecule has 1 amide bonds. The molecule has 0 radical (unpaired) electrons. The van der Waals surface area contributed by atoms with Crippen molar-refractivity contribution in [2.45, 2.75) is 45.8 Å². The summed E-state index contributed by atoms with van der Waals surface area (Å²) in [5, 5.41) is 8.83. The van der Waals surface area contributed by atoms with Crippen molar-refractivity contribution in [1.82, 2.24) is 24.8 Å². The third-order valence-corrected chi connectivity index (χ3v) is 5.62. The Morgan fingerprint density at radius 3 is 2.78 bits per heavy atom. The average Bonchev–Trinajstić information content (AvgIpc) is 3.42. The number of carbonyl (C=O) groups is 1. The van der Waals surface area contributed by atoms with E-state index in [0.717, 1.165) is 23.3 Å². The lowest BCUT2D eigenvalue weighted by Crippen LogP contribution is -2.30. The number of ether oxygens (including phenoxy) is 2. The first kappa shape index (κ1) is 22.0. The van der Waals surface area contributed by atoms with Crippen molar-refractivity contribution >= 4 is 5.91 Å². The maximum atomic E-state index is 12.5. The van der Waals surface area contributed by atoms with Gasteiger partial charge in [-0.05, 0) is 31.5 Å². The second-order valence-electron chi connectivity index (χ2n) is 8.22. The highest BCUT2D eigenvalue weighted by Gasteiger charge is 2.26. The van der Waals surface area contributed by atoms with Crippen molar-refractivity contribution in [2.24, 2.45) is 0 Å². The van der Waals surface area contributed by atoms with Crippen molar-refractivity contribution in [3.8, 4) is 17.3 Å². The van der Waals surface area contributed by atoms with Gasteiger partial charge in [0.25, 0.3) is 5.89 Å². The zero-order chi connectivity index (χ0) is 22.7. The maximum absolute atomic E-state index is 12.5. The van der Waals surface area contributed by atoms with Crippen molar-refractivity contribution in [3.63, 3.8) is 0 Å². The molecule has 0 unspecified atom stereocenters. The highest BCUT2D eigenvalue weighted by atomic mass is 16.5. The van der Waals surface area contributed by atoms with Gasteiger partial charge in [-0.2, -0.15) is 10.1 Å². The van der Waals surface area contributed by atoms with Crippen LogP contribution in [0.5, 0.6) is 5.75 Å². The van der Waals surface area contributed by atoms with Crippen LogP contribution in [0.4, 0.5) is 0 Å². The van der Waals surface area contributed by atoms with E-state index in [1.165, 1.54) is 5.69 Å². The average molecular weight is 440 g/mol. The normalized spacial score (nSPS) is 13.3. The third kappa shape index (κ3) is 4.67. The molecule has 0 bridgehead atoms. The van der Waals surface area contributed by atoms with Crippen LogP contribution in [-0.2, 0) is 35.4 Å². The summed E-state index contributed by atoms with van der Waals surface area (Å²) in [7, 11) is 3.40. The standard InChI is InChI=1S/C23H29N5O4/c1-15(2)28-19-10-12-31-14-18(19)22(25-28)23-24-20(26-32-23)9-11-27(3)21(29)13-16-5-7-17(30-4)8-6-16/h5-8,15H,9-14H2,1-4H3. The van der Waals surface area contributed by atoms with E-state index in [9.17, 15) is 4.79 Å². The van der Waals surface area contributed by atoms with Gasteiger partial charge < -0.3 is 18.9 Å². The molecular formula is C23H29N5O4. The van der Waals surface area contributed by atoms with Gasteiger partial charge in [0.2, 0.25) is 5.91 Å². The van der Waals surface area contributed by atoms with Crippen LogP contribution in [0, 0.1) is 0 Å². The minimum Gasteiger partial charge on any atom is -0.497 e. The molecule has 1 aliphatic rings. The Hall–Kier alpha value is -3.20. The van der Waals surface area contributed by atoms with Crippen LogP contribution in [0.3, 0.4) is 0 Å². The summed E-state index contributed by atoms with van der Waals surface area (Å²) in [6.45, 7) is 5.89. The Labute approximate surface area is 187 Å². The molecule has 1 aromatic carbocycles. The fourth-order valence-corrected chi connectivity index (χ4v) is 3.76. The SMILES string of the molecule is COc1ccc(CC(=O)N(C)CCc2noc(-c3nn(C(C)C)c4c3COCC4)n2)cc1. The summed E-state index contributed by atoms with van der Waals surface area (Å²) in [5.41, 5.74) is 3.82. The lowest BCUT2D eigenvalue weighted by Gasteiger charge is -2.16. The van der Waals surface area contributed by atoms with Crippen molar-refractivity contribution in [1.29, 1.82) is 0 Å². The van der Waals surface area contributed by atoms with E-state index in [0.29, 0.717) is 50.0 Å². The van der Waals surface area contributed by atoms with Gasteiger partial charge in [0.15, 0.2) is 11.5 Å². The van der Waals surface area contributed by atoms with Crippen molar-refractivity contribution in [3.05, 3.63) is 46.9 Å². The summed E-state index contributed by atoms with van der Waals surface area (Å²) >= 11 is 0. The van der Waals surface area contributed by atoms with E-state index < -0.39 is 0 Å². The molecule has 0 N–H and O–H groups in total. The van der Waals surface area contributed by atoms with Gasteiger partial charge in [-0.25, -0.2) is 0 Å². The van der Waals surface area contributed by atoms with Gasteiger partial charge >= 0.3 is 0 Å². The van der Waals surface area contributed by atoms with Crippen LogP contribution in [0.25, 0.3) is 11.6 Å². The topological polar surface area (TPSA) is 95.5 Å². The molecule has 1 aliphatic heterocycles.